The second kappa shape index (κ2) is 4.24. The first-order valence-electron chi connectivity index (χ1n) is 5.38. The number of aliphatic carboxylic acids is 2. The minimum atomic E-state index is -1.15. The highest BCUT2D eigenvalue weighted by Gasteiger charge is 2.37. The lowest BCUT2D eigenvalue weighted by atomic mass is 9.71. The summed E-state index contributed by atoms with van der Waals surface area (Å²) >= 11 is 0. The molecule has 0 radical (unpaired) electrons. The average molecular weight is 239 g/mol. The molecule has 0 saturated heterocycles. The van der Waals surface area contributed by atoms with E-state index in [0.717, 1.165) is 0 Å². The minimum absolute atomic E-state index is 0.0406. The summed E-state index contributed by atoms with van der Waals surface area (Å²) in [6.07, 6.45) is 1.59. The molecule has 5 nitrogen and oxygen atoms in total. The van der Waals surface area contributed by atoms with Gasteiger partial charge in [-0.2, -0.15) is 0 Å². The number of carbonyl (C=O) groups is 2. The Morgan fingerprint density at radius 3 is 2.18 bits per heavy atom. The smallest absolute Gasteiger partial charge is 0.352 e. The Kier molecular flexibility index (Phi) is 3.31. The third-order valence-corrected chi connectivity index (χ3v) is 3.53. The van der Waals surface area contributed by atoms with Crippen LogP contribution in [0.5, 0.6) is 0 Å². The maximum Gasteiger partial charge on any atom is 0.352 e. The second-order valence-electron chi connectivity index (χ2n) is 4.73. The van der Waals surface area contributed by atoms with Crippen LogP contribution in [0.4, 0.5) is 0 Å². The molecule has 3 N–H and O–H groups in total. The van der Waals surface area contributed by atoms with Crippen molar-refractivity contribution in [2.45, 2.75) is 27.7 Å². The van der Waals surface area contributed by atoms with Gasteiger partial charge in [-0.15, -0.1) is 0 Å². The molecule has 0 fully saturated rings. The summed E-state index contributed by atoms with van der Waals surface area (Å²) in [5.41, 5.74) is -0.0394. The van der Waals surface area contributed by atoms with E-state index in [2.05, 4.69) is 5.32 Å². The number of carboxylic acid groups (broad SMARTS) is 2. The number of rotatable bonds is 3. The van der Waals surface area contributed by atoms with Gasteiger partial charge in [0.05, 0.1) is 0 Å². The van der Waals surface area contributed by atoms with Crippen LogP contribution in [0.25, 0.3) is 0 Å². The summed E-state index contributed by atoms with van der Waals surface area (Å²) in [4.78, 5) is 22.1. The Labute approximate surface area is 99.8 Å². The van der Waals surface area contributed by atoms with E-state index in [1.165, 1.54) is 0 Å². The summed E-state index contributed by atoms with van der Waals surface area (Å²) in [6, 6.07) is 0. The van der Waals surface area contributed by atoms with Gasteiger partial charge in [-0.05, 0) is 24.5 Å². The van der Waals surface area contributed by atoms with Crippen LogP contribution >= 0.6 is 0 Å². The second-order valence-corrected chi connectivity index (χ2v) is 4.73. The quantitative estimate of drug-likeness (QED) is 0.696. The molecule has 0 saturated carbocycles. The van der Waals surface area contributed by atoms with Crippen LogP contribution in [0.1, 0.15) is 27.7 Å². The maximum absolute atomic E-state index is 11.1. The molecule has 0 bridgehead atoms. The first kappa shape index (κ1) is 13.3. The Balaban J connectivity index is 3.37. The fraction of sp³-hybridized carbons (Fsp3) is 0.500. The van der Waals surface area contributed by atoms with E-state index in [-0.39, 0.29) is 17.3 Å². The van der Waals surface area contributed by atoms with E-state index in [9.17, 15) is 9.59 Å². The van der Waals surface area contributed by atoms with Crippen LogP contribution in [-0.4, -0.2) is 22.2 Å². The third kappa shape index (κ3) is 2.18. The zero-order valence-electron chi connectivity index (χ0n) is 10.4. The van der Waals surface area contributed by atoms with Crippen molar-refractivity contribution in [1.29, 1.82) is 0 Å². The summed E-state index contributed by atoms with van der Waals surface area (Å²) in [5.74, 6) is -2.18. The van der Waals surface area contributed by atoms with E-state index < -0.39 is 17.4 Å². The largest absolute Gasteiger partial charge is 0.477 e. The lowest BCUT2D eigenvalue weighted by Gasteiger charge is -2.36. The van der Waals surface area contributed by atoms with Gasteiger partial charge in [0.25, 0.3) is 0 Å². The Bertz CT molecular complexity index is 434. The van der Waals surface area contributed by atoms with E-state index >= 15 is 0 Å². The van der Waals surface area contributed by atoms with Gasteiger partial charge in [-0.25, -0.2) is 9.59 Å². The molecule has 0 aromatic rings. The van der Waals surface area contributed by atoms with Crippen molar-refractivity contribution in [2.75, 3.05) is 0 Å². The van der Waals surface area contributed by atoms with Crippen molar-refractivity contribution in [2.24, 2.45) is 11.3 Å². The molecule has 1 rings (SSSR count). The van der Waals surface area contributed by atoms with E-state index in [1.807, 2.05) is 20.8 Å². The highest BCUT2D eigenvalue weighted by molar-refractivity contribution is 5.93. The van der Waals surface area contributed by atoms with Gasteiger partial charge in [0.15, 0.2) is 0 Å². The maximum atomic E-state index is 11.1. The van der Waals surface area contributed by atoms with Crippen LogP contribution in [-0.2, 0) is 9.59 Å². The van der Waals surface area contributed by atoms with E-state index in [0.29, 0.717) is 5.57 Å². The molecule has 0 aromatic heterocycles. The molecule has 0 aromatic carbocycles. The Morgan fingerprint density at radius 2 is 1.82 bits per heavy atom. The van der Waals surface area contributed by atoms with Crippen LogP contribution in [0, 0.1) is 11.3 Å². The molecule has 0 spiro atoms. The molecule has 1 aliphatic heterocycles. The van der Waals surface area contributed by atoms with E-state index in [4.69, 9.17) is 10.2 Å². The Hall–Kier alpha value is -1.78. The number of hydrogen-bond acceptors (Lipinski definition) is 3. The average Bonchev–Trinajstić information content (AvgIpc) is 2.20. The van der Waals surface area contributed by atoms with Crippen molar-refractivity contribution in [3.8, 4) is 0 Å². The number of nitrogens with one attached hydrogen (secondary N) is 1. The van der Waals surface area contributed by atoms with Gasteiger partial charge in [-0.3, -0.25) is 0 Å². The standard InChI is InChI=1S/C12H17NO4/c1-6(2)12(4)5-8(10(14)15)13-9(7(12)3)11(16)17/h5-6,13H,1-4H3,(H,14,15)(H,16,17). The van der Waals surface area contributed by atoms with E-state index in [1.54, 1.807) is 13.0 Å². The number of hydrogen-bond donors (Lipinski definition) is 3. The number of carboxylic acids is 2. The minimum Gasteiger partial charge on any atom is -0.477 e. The normalized spacial score (nSPS) is 24.4. The molecule has 0 amide bonds. The van der Waals surface area contributed by atoms with Gasteiger partial charge in [0, 0.05) is 5.41 Å². The summed E-state index contributed by atoms with van der Waals surface area (Å²) in [6.45, 7) is 7.43. The molecular formula is C12H17NO4. The molecule has 1 heterocycles. The van der Waals surface area contributed by atoms with Crippen LogP contribution in [0.15, 0.2) is 23.0 Å². The van der Waals surface area contributed by atoms with Gasteiger partial charge in [-0.1, -0.05) is 20.8 Å². The van der Waals surface area contributed by atoms with Crippen molar-refractivity contribution in [3.63, 3.8) is 0 Å². The number of allylic oxidation sites excluding steroid dienone is 2. The van der Waals surface area contributed by atoms with Gasteiger partial charge in [0.2, 0.25) is 0 Å². The van der Waals surface area contributed by atoms with Crippen LogP contribution in [0.2, 0.25) is 0 Å². The lowest BCUT2D eigenvalue weighted by Crippen LogP contribution is -2.37. The van der Waals surface area contributed by atoms with Crippen LogP contribution in [0.3, 0.4) is 0 Å². The molecule has 1 aliphatic rings. The van der Waals surface area contributed by atoms with Gasteiger partial charge < -0.3 is 15.5 Å². The first-order valence-corrected chi connectivity index (χ1v) is 5.38. The first-order chi connectivity index (χ1) is 7.70. The molecule has 1 atom stereocenters. The monoisotopic (exact) mass is 239 g/mol. The van der Waals surface area contributed by atoms with Crippen molar-refractivity contribution in [1.82, 2.24) is 5.32 Å². The van der Waals surface area contributed by atoms with Crippen molar-refractivity contribution in [3.05, 3.63) is 23.0 Å². The van der Waals surface area contributed by atoms with Crippen LogP contribution < -0.4 is 5.32 Å². The SMILES string of the molecule is CC1=C(C(=O)O)NC(C(=O)O)=CC1(C)C(C)C. The highest BCUT2D eigenvalue weighted by Crippen LogP contribution is 2.41. The molecule has 0 aliphatic carbocycles. The topological polar surface area (TPSA) is 86.6 Å². The molecule has 1 unspecified atom stereocenters. The molecule has 17 heavy (non-hydrogen) atoms. The predicted molar refractivity (Wildman–Crippen MR) is 62.1 cm³/mol. The third-order valence-electron chi connectivity index (χ3n) is 3.53. The molecule has 94 valence electrons. The van der Waals surface area contributed by atoms with Gasteiger partial charge >= 0.3 is 11.9 Å². The Morgan fingerprint density at radius 1 is 1.29 bits per heavy atom. The number of dihydropyridines is 1. The summed E-state index contributed by atoms with van der Waals surface area (Å²) in [5, 5.41) is 20.5. The fourth-order valence-electron chi connectivity index (χ4n) is 1.87. The molecular weight excluding hydrogens is 222 g/mol. The predicted octanol–water partition coefficient (Wildman–Crippen LogP) is 1.58. The zero-order chi connectivity index (χ0) is 13.4. The summed E-state index contributed by atoms with van der Waals surface area (Å²) in [7, 11) is 0. The highest BCUT2D eigenvalue weighted by atomic mass is 16.4. The fourth-order valence-corrected chi connectivity index (χ4v) is 1.87. The van der Waals surface area contributed by atoms with Crippen molar-refractivity contribution < 1.29 is 19.8 Å². The zero-order valence-corrected chi connectivity index (χ0v) is 10.4. The van der Waals surface area contributed by atoms with Crippen molar-refractivity contribution >= 4 is 11.9 Å². The summed E-state index contributed by atoms with van der Waals surface area (Å²) < 4.78 is 0. The van der Waals surface area contributed by atoms with Gasteiger partial charge in [0.1, 0.15) is 11.4 Å². The lowest BCUT2D eigenvalue weighted by molar-refractivity contribution is -0.133. The molecule has 5 heteroatoms.